The van der Waals surface area contributed by atoms with E-state index in [-0.39, 0.29) is 18.1 Å². The molecule has 7 nitrogen and oxygen atoms in total. The Morgan fingerprint density at radius 2 is 1.00 bits per heavy atom. The minimum absolute atomic E-state index is 0.166. The maximum atomic E-state index is 4.08. The largest absolute Gasteiger partial charge is 0.281 e. The third kappa shape index (κ3) is 2.67. The molecule has 0 aliphatic rings. The van der Waals surface area contributed by atoms with Crippen LogP contribution in [0.3, 0.4) is 0 Å². The van der Waals surface area contributed by atoms with Crippen LogP contribution in [0.5, 0.6) is 0 Å². The second-order valence-electron chi connectivity index (χ2n) is 5.51. The third-order valence-corrected chi connectivity index (χ3v) is 4.26. The summed E-state index contributed by atoms with van der Waals surface area (Å²) in [5, 5.41) is 21.5. The lowest BCUT2D eigenvalue weighted by Gasteiger charge is -2.38. The molecule has 0 aliphatic heterocycles. The standard InChI is InChI=1S/C15H21N7/c1-10(13-4-7-16-19-13)22(11(2)14-5-8-17-20-14)12(3)15-6-9-18-21-15/h4-12H,1-3H3,(H,16,19)(H,17,20)(H,18,21). The molecule has 0 fully saturated rings. The van der Waals surface area contributed by atoms with Gasteiger partial charge in [0.2, 0.25) is 0 Å². The van der Waals surface area contributed by atoms with Gasteiger partial charge in [0.1, 0.15) is 0 Å². The van der Waals surface area contributed by atoms with Gasteiger partial charge >= 0.3 is 0 Å². The molecule has 116 valence electrons. The fraction of sp³-hybridized carbons (Fsp3) is 0.400. The first-order valence-corrected chi connectivity index (χ1v) is 7.43. The van der Waals surface area contributed by atoms with Crippen molar-refractivity contribution in [2.75, 3.05) is 0 Å². The van der Waals surface area contributed by atoms with E-state index >= 15 is 0 Å². The lowest BCUT2D eigenvalue weighted by molar-refractivity contribution is 0.0958. The van der Waals surface area contributed by atoms with E-state index in [2.05, 4.69) is 56.3 Å². The van der Waals surface area contributed by atoms with E-state index < -0.39 is 0 Å². The lowest BCUT2D eigenvalue weighted by atomic mass is 10.0. The van der Waals surface area contributed by atoms with Crippen molar-refractivity contribution < 1.29 is 0 Å². The normalized spacial score (nSPS) is 15.8. The minimum atomic E-state index is 0.166. The van der Waals surface area contributed by atoms with Crippen LogP contribution in [0.4, 0.5) is 0 Å². The van der Waals surface area contributed by atoms with E-state index in [1.807, 2.05) is 18.2 Å². The summed E-state index contributed by atoms with van der Waals surface area (Å²) in [6, 6.07) is 6.53. The SMILES string of the molecule is CC(c1ccn[nH]1)N(C(C)c1ccn[nH]1)C(C)c1ccn[nH]1. The second-order valence-corrected chi connectivity index (χ2v) is 5.51. The van der Waals surface area contributed by atoms with E-state index in [1.54, 1.807) is 18.6 Å². The summed E-state index contributed by atoms with van der Waals surface area (Å²) < 4.78 is 0. The molecule has 0 bridgehead atoms. The van der Waals surface area contributed by atoms with Gasteiger partial charge in [0.05, 0.1) is 17.1 Å². The van der Waals surface area contributed by atoms with Gasteiger partial charge in [-0.3, -0.25) is 20.2 Å². The molecule has 3 N–H and O–H groups in total. The molecule has 0 saturated carbocycles. The smallest absolute Gasteiger partial charge is 0.0521 e. The van der Waals surface area contributed by atoms with E-state index in [1.165, 1.54) is 0 Å². The maximum absolute atomic E-state index is 4.08. The van der Waals surface area contributed by atoms with Crippen molar-refractivity contribution >= 4 is 0 Å². The molecule has 3 rings (SSSR count). The lowest BCUT2D eigenvalue weighted by Crippen LogP contribution is -2.33. The number of hydrogen-bond acceptors (Lipinski definition) is 4. The Bertz CT molecular complexity index is 561. The van der Waals surface area contributed by atoms with Crippen LogP contribution >= 0.6 is 0 Å². The number of aromatic amines is 3. The summed E-state index contributed by atoms with van der Waals surface area (Å²) >= 11 is 0. The van der Waals surface area contributed by atoms with Gasteiger partial charge in [0, 0.05) is 36.7 Å². The molecule has 22 heavy (non-hydrogen) atoms. The summed E-state index contributed by atoms with van der Waals surface area (Å²) in [6.07, 6.45) is 5.35. The number of aromatic nitrogens is 6. The molecule has 3 heterocycles. The number of nitrogens with zero attached hydrogens (tertiary/aromatic N) is 4. The van der Waals surface area contributed by atoms with Crippen molar-refractivity contribution in [2.45, 2.75) is 38.9 Å². The van der Waals surface area contributed by atoms with Gasteiger partial charge in [0.25, 0.3) is 0 Å². The molecule has 3 atom stereocenters. The average Bonchev–Trinajstić information content (AvgIpc) is 3.29. The van der Waals surface area contributed by atoms with Crippen LogP contribution in [0.25, 0.3) is 0 Å². The fourth-order valence-corrected chi connectivity index (χ4v) is 2.99. The van der Waals surface area contributed by atoms with E-state index in [0.717, 1.165) is 17.1 Å². The van der Waals surface area contributed by atoms with Crippen molar-refractivity contribution in [3.05, 3.63) is 53.9 Å². The first-order chi connectivity index (χ1) is 10.7. The number of H-pyrrole nitrogens is 3. The van der Waals surface area contributed by atoms with Gasteiger partial charge in [-0.05, 0) is 39.0 Å². The summed E-state index contributed by atoms with van der Waals surface area (Å²) in [5.41, 5.74) is 3.24. The molecule has 0 aliphatic carbocycles. The quantitative estimate of drug-likeness (QED) is 0.653. The summed E-state index contributed by atoms with van der Waals surface area (Å²) in [4.78, 5) is 2.40. The number of hydrogen-bond donors (Lipinski definition) is 3. The van der Waals surface area contributed by atoms with Crippen LogP contribution in [-0.2, 0) is 0 Å². The molecule has 0 spiro atoms. The van der Waals surface area contributed by atoms with Crippen molar-refractivity contribution in [1.29, 1.82) is 0 Å². The summed E-state index contributed by atoms with van der Waals surface area (Å²) in [5.74, 6) is 0. The van der Waals surface area contributed by atoms with Crippen molar-refractivity contribution in [1.82, 2.24) is 35.5 Å². The van der Waals surface area contributed by atoms with E-state index in [4.69, 9.17) is 0 Å². The van der Waals surface area contributed by atoms with Gasteiger partial charge in [-0.2, -0.15) is 15.3 Å². The number of nitrogens with one attached hydrogen (secondary N) is 3. The molecule has 3 aromatic heterocycles. The Kier molecular flexibility index (Phi) is 4.06. The third-order valence-electron chi connectivity index (χ3n) is 4.26. The zero-order chi connectivity index (χ0) is 15.5. The Labute approximate surface area is 129 Å². The van der Waals surface area contributed by atoms with Crippen molar-refractivity contribution in [2.24, 2.45) is 0 Å². The van der Waals surface area contributed by atoms with Gasteiger partial charge in [-0.25, -0.2) is 0 Å². The molecule has 3 unspecified atom stereocenters. The molecule has 7 heteroatoms. The van der Waals surface area contributed by atoms with Crippen LogP contribution in [-0.4, -0.2) is 35.5 Å². The Balaban J connectivity index is 1.94. The van der Waals surface area contributed by atoms with Gasteiger partial charge in [-0.15, -0.1) is 0 Å². The Morgan fingerprint density at radius 1 is 0.682 bits per heavy atom. The molecule has 0 aromatic carbocycles. The number of rotatable bonds is 6. The van der Waals surface area contributed by atoms with Gasteiger partial charge in [0.15, 0.2) is 0 Å². The monoisotopic (exact) mass is 299 g/mol. The first kappa shape index (κ1) is 14.5. The topological polar surface area (TPSA) is 89.3 Å². The molecule has 3 aromatic rings. The highest BCUT2D eigenvalue weighted by atomic mass is 15.3. The highest BCUT2D eigenvalue weighted by Gasteiger charge is 2.30. The minimum Gasteiger partial charge on any atom is -0.281 e. The molecule has 0 radical (unpaired) electrons. The Morgan fingerprint density at radius 3 is 1.23 bits per heavy atom. The summed E-state index contributed by atoms with van der Waals surface area (Å²) in [7, 11) is 0. The fourth-order valence-electron chi connectivity index (χ4n) is 2.99. The summed E-state index contributed by atoms with van der Waals surface area (Å²) in [6.45, 7) is 6.52. The predicted molar refractivity (Wildman–Crippen MR) is 82.8 cm³/mol. The van der Waals surface area contributed by atoms with Crippen LogP contribution in [0, 0.1) is 0 Å². The maximum Gasteiger partial charge on any atom is 0.0521 e. The van der Waals surface area contributed by atoms with Crippen LogP contribution in [0.1, 0.15) is 56.0 Å². The van der Waals surface area contributed by atoms with E-state index in [0.29, 0.717) is 0 Å². The molecule has 0 amide bonds. The van der Waals surface area contributed by atoms with Gasteiger partial charge in [-0.1, -0.05) is 0 Å². The second kappa shape index (κ2) is 6.15. The molecule has 0 saturated heterocycles. The average molecular weight is 299 g/mol. The first-order valence-electron chi connectivity index (χ1n) is 7.43. The van der Waals surface area contributed by atoms with Gasteiger partial charge < -0.3 is 0 Å². The molecular formula is C15H21N7. The van der Waals surface area contributed by atoms with E-state index in [9.17, 15) is 0 Å². The zero-order valence-electron chi connectivity index (χ0n) is 13.0. The van der Waals surface area contributed by atoms with Crippen molar-refractivity contribution in [3.8, 4) is 0 Å². The predicted octanol–water partition coefficient (Wildman–Crippen LogP) is 2.74. The zero-order valence-corrected chi connectivity index (χ0v) is 13.0. The Hall–Kier alpha value is -2.41. The van der Waals surface area contributed by atoms with Crippen molar-refractivity contribution in [3.63, 3.8) is 0 Å². The van der Waals surface area contributed by atoms with Crippen LogP contribution in [0.2, 0.25) is 0 Å². The van der Waals surface area contributed by atoms with Crippen LogP contribution < -0.4 is 0 Å². The highest BCUT2D eigenvalue weighted by Crippen LogP contribution is 2.36. The highest BCUT2D eigenvalue weighted by molar-refractivity contribution is 5.13. The van der Waals surface area contributed by atoms with Crippen LogP contribution in [0.15, 0.2) is 36.8 Å². The molecular weight excluding hydrogens is 278 g/mol.